The van der Waals surface area contributed by atoms with Crippen molar-refractivity contribution in [2.24, 2.45) is 0 Å². The Morgan fingerprint density at radius 1 is 1.24 bits per heavy atom. The van der Waals surface area contributed by atoms with Gasteiger partial charge in [0.1, 0.15) is 0 Å². The van der Waals surface area contributed by atoms with E-state index in [0.717, 1.165) is 18.5 Å². The summed E-state index contributed by atoms with van der Waals surface area (Å²) in [6.45, 7) is 2.78. The molecule has 0 fully saturated rings. The molecular weight excluding hydrogens is 266 g/mol. The van der Waals surface area contributed by atoms with Gasteiger partial charge in [-0.15, -0.1) is 10.2 Å². The van der Waals surface area contributed by atoms with E-state index in [1.165, 1.54) is 18.2 Å². The van der Waals surface area contributed by atoms with Crippen molar-refractivity contribution in [3.8, 4) is 5.88 Å². The average Bonchev–Trinajstić information content (AvgIpc) is 2.53. The molecule has 1 aliphatic heterocycles. The first-order chi connectivity index (χ1) is 10.2. The Labute approximate surface area is 123 Å². The van der Waals surface area contributed by atoms with Crippen molar-refractivity contribution in [3.63, 3.8) is 0 Å². The Balaban J connectivity index is 1.92. The van der Waals surface area contributed by atoms with Gasteiger partial charge in [-0.25, -0.2) is 0 Å². The lowest BCUT2D eigenvalue weighted by Gasteiger charge is -2.29. The van der Waals surface area contributed by atoms with Crippen LogP contribution in [0.5, 0.6) is 5.88 Å². The minimum absolute atomic E-state index is 0.116. The summed E-state index contributed by atoms with van der Waals surface area (Å²) in [5, 5.41) is 7.81. The van der Waals surface area contributed by atoms with Crippen LogP contribution >= 0.6 is 0 Å². The number of aryl methyl sites for hydroxylation is 2. The molecule has 0 radical (unpaired) electrons. The molecule has 0 unspecified atom stereocenters. The van der Waals surface area contributed by atoms with Gasteiger partial charge in [0.15, 0.2) is 5.69 Å². The highest BCUT2D eigenvalue weighted by atomic mass is 16.5. The van der Waals surface area contributed by atoms with Gasteiger partial charge in [-0.2, -0.15) is 0 Å². The van der Waals surface area contributed by atoms with Gasteiger partial charge >= 0.3 is 0 Å². The van der Waals surface area contributed by atoms with Gasteiger partial charge in [0, 0.05) is 18.3 Å². The van der Waals surface area contributed by atoms with Crippen molar-refractivity contribution in [1.82, 2.24) is 10.2 Å². The fourth-order valence-corrected chi connectivity index (χ4v) is 2.62. The van der Waals surface area contributed by atoms with E-state index in [-0.39, 0.29) is 5.91 Å². The molecule has 0 saturated carbocycles. The van der Waals surface area contributed by atoms with Gasteiger partial charge in [0.2, 0.25) is 5.88 Å². The molecule has 21 heavy (non-hydrogen) atoms. The van der Waals surface area contributed by atoms with Crippen molar-refractivity contribution in [3.05, 3.63) is 47.2 Å². The predicted octanol–water partition coefficient (Wildman–Crippen LogP) is 2.39. The smallest absolute Gasteiger partial charge is 0.278 e. The largest absolute Gasteiger partial charge is 0.480 e. The molecule has 1 aliphatic rings. The molecule has 0 atom stereocenters. The summed E-state index contributed by atoms with van der Waals surface area (Å²) < 4.78 is 4.97. The maximum absolute atomic E-state index is 12.6. The highest BCUT2D eigenvalue weighted by Crippen LogP contribution is 2.29. The third kappa shape index (κ3) is 2.59. The second-order valence-electron chi connectivity index (χ2n) is 5.15. The normalized spacial score (nSPS) is 13.7. The van der Waals surface area contributed by atoms with Crippen molar-refractivity contribution < 1.29 is 9.53 Å². The molecule has 1 aromatic carbocycles. The third-order valence-corrected chi connectivity index (χ3v) is 3.67. The molecular formula is C16H17N3O2. The number of carbonyl (C=O) groups excluding carboxylic acids is 1. The predicted molar refractivity (Wildman–Crippen MR) is 79.8 cm³/mol. The molecule has 2 aromatic rings. The van der Waals surface area contributed by atoms with E-state index >= 15 is 0 Å². The molecule has 5 heteroatoms. The summed E-state index contributed by atoms with van der Waals surface area (Å²) in [4.78, 5) is 14.4. The van der Waals surface area contributed by atoms with Crippen LogP contribution in [-0.4, -0.2) is 29.8 Å². The average molecular weight is 283 g/mol. The summed E-state index contributed by atoms with van der Waals surface area (Å²) in [6.07, 6.45) is 1.97. The number of aromatic nitrogens is 2. The van der Waals surface area contributed by atoms with E-state index in [4.69, 9.17) is 4.74 Å². The van der Waals surface area contributed by atoms with Gasteiger partial charge in [-0.1, -0.05) is 17.7 Å². The first-order valence-corrected chi connectivity index (χ1v) is 6.98. The monoisotopic (exact) mass is 283 g/mol. The zero-order chi connectivity index (χ0) is 14.8. The van der Waals surface area contributed by atoms with E-state index in [9.17, 15) is 4.79 Å². The zero-order valence-corrected chi connectivity index (χ0v) is 12.2. The van der Waals surface area contributed by atoms with Gasteiger partial charge in [0.25, 0.3) is 5.91 Å². The lowest BCUT2D eigenvalue weighted by molar-refractivity contribution is 0.0979. The second-order valence-corrected chi connectivity index (χ2v) is 5.15. The number of hydrogen-bond acceptors (Lipinski definition) is 4. The Kier molecular flexibility index (Phi) is 3.56. The SMILES string of the molecule is COc1ccc(C(=O)N2CCCc3cc(C)ccc32)nn1. The van der Waals surface area contributed by atoms with Crippen LogP contribution in [0.2, 0.25) is 0 Å². The summed E-state index contributed by atoms with van der Waals surface area (Å²) in [5.41, 5.74) is 3.75. The maximum atomic E-state index is 12.6. The highest BCUT2D eigenvalue weighted by Gasteiger charge is 2.24. The lowest BCUT2D eigenvalue weighted by Crippen LogP contribution is -2.36. The quantitative estimate of drug-likeness (QED) is 0.849. The van der Waals surface area contributed by atoms with Crippen LogP contribution < -0.4 is 9.64 Å². The number of amides is 1. The van der Waals surface area contributed by atoms with Crippen LogP contribution in [0.25, 0.3) is 0 Å². The summed E-state index contributed by atoms with van der Waals surface area (Å²) in [6, 6.07) is 9.49. The molecule has 1 amide bonds. The van der Waals surface area contributed by atoms with Crippen molar-refractivity contribution in [2.45, 2.75) is 19.8 Å². The molecule has 108 valence electrons. The van der Waals surface area contributed by atoms with Crippen LogP contribution in [0, 0.1) is 6.92 Å². The zero-order valence-electron chi connectivity index (χ0n) is 12.2. The van der Waals surface area contributed by atoms with Crippen LogP contribution in [0.4, 0.5) is 5.69 Å². The van der Waals surface area contributed by atoms with E-state index in [1.54, 1.807) is 17.0 Å². The van der Waals surface area contributed by atoms with E-state index in [1.807, 2.05) is 12.1 Å². The summed E-state index contributed by atoms with van der Waals surface area (Å²) >= 11 is 0. The molecule has 0 saturated heterocycles. The molecule has 2 heterocycles. The number of benzene rings is 1. The second kappa shape index (κ2) is 5.52. The standard InChI is InChI=1S/C16H17N3O2/c1-11-5-7-14-12(10-11)4-3-9-19(14)16(20)13-6-8-15(21-2)18-17-13/h5-8,10H,3-4,9H2,1-2H3. The molecule has 5 nitrogen and oxygen atoms in total. The van der Waals surface area contributed by atoms with Crippen molar-refractivity contribution in [2.75, 3.05) is 18.6 Å². The first-order valence-electron chi connectivity index (χ1n) is 6.98. The number of anilines is 1. The van der Waals surface area contributed by atoms with Gasteiger partial charge in [-0.3, -0.25) is 4.79 Å². The fraction of sp³-hybridized carbons (Fsp3) is 0.312. The Bertz CT molecular complexity index is 668. The number of hydrogen-bond donors (Lipinski definition) is 0. The van der Waals surface area contributed by atoms with Crippen LogP contribution in [0.15, 0.2) is 30.3 Å². The topological polar surface area (TPSA) is 55.3 Å². The molecule has 0 bridgehead atoms. The van der Waals surface area contributed by atoms with Crippen molar-refractivity contribution in [1.29, 1.82) is 0 Å². The van der Waals surface area contributed by atoms with Crippen LogP contribution in [0.1, 0.15) is 28.0 Å². The maximum Gasteiger partial charge on any atom is 0.278 e. The number of ether oxygens (including phenoxy) is 1. The number of carbonyl (C=O) groups is 1. The van der Waals surface area contributed by atoms with E-state index < -0.39 is 0 Å². The Hall–Kier alpha value is -2.43. The van der Waals surface area contributed by atoms with Gasteiger partial charge in [-0.05, 0) is 37.5 Å². The molecule has 0 aliphatic carbocycles. The van der Waals surface area contributed by atoms with Gasteiger partial charge in [0.05, 0.1) is 7.11 Å². The molecule has 3 rings (SSSR count). The minimum atomic E-state index is -0.116. The number of rotatable bonds is 2. The highest BCUT2D eigenvalue weighted by molar-refractivity contribution is 6.05. The summed E-state index contributed by atoms with van der Waals surface area (Å²) in [5.74, 6) is 0.288. The molecule has 1 aromatic heterocycles. The fourth-order valence-electron chi connectivity index (χ4n) is 2.62. The summed E-state index contributed by atoms with van der Waals surface area (Å²) in [7, 11) is 1.52. The first kappa shape index (κ1) is 13.5. The third-order valence-electron chi connectivity index (χ3n) is 3.67. The van der Waals surface area contributed by atoms with Gasteiger partial charge < -0.3 is 9.64 Å². The van der Waals surface area contributed by atoms with E-state index in [0.29, 0.717) is 18.1 Å². The Morgan fingerprint density at radius 3 is 2.81 bits per heavy atom. The number of fused-ring (bicyclic) bond motifs is 1. The lowest BCUT2D eigenvalue weighted by atomic mass is 9.99. The number of methoxy groups -OCH3 is 1. The van der Waals surface area contributed by atoms with Crippen molar-refractivity contribution >= 4 is 11.6 Å². The Morgan fingerprint density at radius 2 is 2.10 bits per heavy atom. The van der Waals surface area contributed by atoms with Crippen LogP contribution in [-0.2, 0) is 6.42 Å². The molecule has 0 N–H and O–H groups in total. The van der Waals surface area contributed by atoms with Crippen LogP contribution in [0.3, 0.4) is 0 Å². The number of nitrogens with zero attached hydrogens (tertiary/aromatic N) is 3. The van der Waals surface area contributed by atoms with E-state index in [2.05, 4.69) is 23.2 Å². The molecule has 0 spiro atoms. The minimum Gasteiger partial charge on any atom is -0.480 e.